The van der Waals surface area contributed by atoms with Gasteiger partial charge in [0.1, 0.15) is 11.6 Å². The van der Waals surface area contributed by atoms with Gasteiger partial charge in [-0.05, 0) is 23.0 Å². The Morgan fingerprint density at radius 2 is 1.19 bits per heavy atom. The number of rotatable bonds is 0. The molecule has 1 nitrogen and oxygen atoms in total. The third-order valence-corrected chi connectivity index (χ3v) is 2.69. The van der Waals surface area contributed by atoms with Crippen molar-refractivity contribution in [3.05, 3.63) is 29.1 Å². The van der Waals surface area contributed by atoms with Crippen LogP contribution in [0.2, 0.25) is 0 Å². The largest absolute Gasteiger partial charge is 0.507 e. The van der Waals surface area contributed by atoms with E-state index in [0.29, 0.717) is 11.1 Å². The Morgan fingerprint density at radius 3 is 1.44 bits per heavy atom. The van der Waals surface area contributed by atoms with Crippen LogP contribution in [-0.4, -0.2) is 5.11 Å². The topological polar surface area (TPSA) is 20.2 Å². The van der Waals surface area contributed by atoms with Crippen molar-refractivity contribution in [3.8, 4) is 5.75 Å². The lowest BCUT2D eigenvalue weighted by Gasteiger charge is -2.27. The van der Waals surface area contributed by atoms with Crippen molar-refractivity contribution < 1.29 is 9.50 Å². The molecule has 1 aromatic rings. The fourth-order valence-corrected chi connectivity index (χ4v) is 1.74. The summed E-state index contributed by atoms with van der Waals surface area (Å²) in [4.78, 5) is 0. The van der Waals surface area contributed by atoms with E-state index >= 15 is 0 Å². The predicted molar refractivity (Wildman–Crippen MR) is 65.5 cm³/mol. The predicted octanol–water partition coefficient (Wildman–Crippen LogP) is 4.13. The number of halogens is 1. The Hall–Kier alpha value is -1.05. The van der Waals surface area contributed by atoms with Crippen LogP contribution in [0.25, 0.3) is 0 Å². The van der Waals surface area contributed by atoms with E-state index in [-0.39, 0.29) is 22.4 Å². The third kappa shape index (κ3) is 2.55. The number of hydrogen-bond donors (Lipinski definition) is 1. The smallest absolute Gasteiger partial charge is 0.124 e. The van der Waals surface area contributed by atoms with E-state index in [9.17, 15) is 9.50 Å². The summed E-state index contributed by atoms with van der Waals surface area (Å²) < 4.78 is 13.6. The number of benzene rings is 1. The molecule has 0 bridgehead atoms. The van der Waals surface area contributed by atoms with Crippen molar-refractivity contribution in [1.82, 2.24) is 0 Å². The lowest BCUT2D eigenvalue weighted by atomic mass is 9.79. The molecular formula is C14H21FO. The fourth-order valence-electron chi connectivity index (χ4n) is 1.74. The Kier molecular flexibility index (Phi) is 3.06. The number of hydrogen-bond acceptors (Lipinski definition) is 1. The molecule has 0 heterocycles. The molecule has 16 heavy (non-hydrogen) atoms. The number of aromatic hydroxyl groups is 1. The van der Waals surface area contributed by atoms with Crippen LogP contribution in [0.5, 0.6) is 5.75 Å². The Morgan fingerprint density at radius 1 is 0.875 bits per heavy atom. The number of phenolic OH excluding ortho intramolecular Hbond substituents is 1. The maximum Gasteiger partial charge on any atom is 0.124 e. The zero-order chi connectivity index (χ0) is 12.7. The van der Waals surface area contributed by atoms with E-state index in [1.54, 1.807) is 0 Å². The van der Waals surface area contributed by atoms with Gasteiger partial charge in [-0.2, -0.15) is 0 Å². The molecule has 0 radical (unpaired) electrons. The van der Waals surface area contributed by atoms with Gasteiger partial charge in [0.05, 0.1) is 0 Å². The van der Waals surface area contributed by atoms with Gasteiger partial charge in [-0.3, -0.25) is 0 Å². The molecule has 2 heteroatoms. The van der Waals surface area contributed by atoms with Crippen LogP contribution in [0.3, 0.4) is 0 Å². The second-order valence-corrected chi connectivity index (χ2v) is 6.35. The second-order valence-electron chi connectivity index (χ2n) is 6.35. The Labute approximate surface area is 97.3 Å². The van der Waals surface area contributed by atoms with Crippen molar-refractivity contribution in [1.29, 1.82) is 0 Å². The van der Waals surface area contributed by atoms with Crippen LogP contribution < -0.4 is 0 Å². The quantitative estimate of drug-likeness (QED) is 0.702. The van der Waals surface area contributed by atoms with Crippen LogP contribution in [0.4, 0.5) is 4.39 Å². The van der Waals surface area contributed by atoms with Gasteiger partial charge in [-0.1, -0.05) is 41.5 Å². The highest BCUT2D eigenvalue weighted by Crippen LogP contribution is 2.39. The van der Waals surface area contributed by atoms with E-state index < -0.39 is 0 Å². The summed E-state index contributed by atoms with van der Waals surface area (Å²) in [6.07, 6.45) is 0. The average Bonchev–Trinajstić information content (AvgIpc) is 2.04. The van der Waals surface area contributed by atoms with Gasteiger partial charge in [0.15, 0.2) is 0 Å². The van der Waals surface area contributed by atoms with Gasteiger partial charge in [0, 0.05) is 11.1 Å². The lowest BCUT2D eigenvalue weighted by Crippen LogP contribution is -2.17. The lowest BCUT2D eigenvalue weighted by molar-refractivity contribution is 0.418. The van der Waals surface area contributed by atoms with Crippen LogP contribution in [-0.2, 0) is 10.8 Å². The molecule has 0 aliphatic rings. The summed E-state index contributed by atoms with van der Waals surface area (Å²) in [6, 6.07) is 2.84. The first kappa shape index (κ1) is 13.0. The molecule has 0 saturated heterocycles. The maximum absolute atomic E-state index is 13.6. The standard InChI is InChI=1S/C14H21FO/c1-13(2,3)10-7-9(15)8-11(12(10)16)14(4,5)6/h7-8,16H,1-6H3. The van der Waals surface area contributed by atoms with Crippen LogP contribution in [0.1, 0.15) is 52.7 Å². The fraction of sp³-hybridized carbons (Fsp3) is 0.571. The van der Waals surface area contributed by atoms with Gasteiger partial charge in [-0.15, -0.1) is 0 Å². The van der Waals surface area contributed by atoms with E-state index in [1.807, 2.05) is 41.5 Å². The SMILES string of the molecule is CC(C)(C)c1cc(F)cc(C(C)(C)C)c1O. The number of phenols is 1. The van der Waals surface area contributed by atoms with E-state index in [4.69, 9.17) is 0 Å². The van der Waals surface area contributed by atoms with Crippen LogP contribution in [0, 0.1) is 5.82 Å². The average molecular weight is 224 g/mol. The summed E-state index contributed by atoms with van der Waals surface area (Å²) in [6.45, 7) is 11.8. The summed E-state index contributed by atoms with van der Waals surface area (Å²) in [5.41, 5.74) is 0.813. The highest BCUT2D eigenvalue weighted by molar-refractivity contribution is 5.47. The molecule has 1 aromatic carbocycles. The normalized spacial score (nSPS) is 12.9. The third-order valence-electron chi connectivity index (χ3n) is 2.69. The van der Waals surface area contributed by atoms with Gasteiger partial charge in [-0.25, -0.2) is 4.39 Å². The molecule has 0 amide bonds. The molecule has 90 valence electrons. The minimum absolute atomic E-state index is 0.224. The summed E-state index contributed by atoms with van der Waals surface area (Å²) in [7, 11) is 0. The molecule has 1 rings (SSSR count). The highest BCUT2D eigenvalue weighted by atomic mass is 19.1. The van der Waals surface area contributed by atoms with Crippen molar-refractivity contribution >= 4 is 0 Å². The molecular weight excluding hydrogens is 203 g/mol. The van der Waals surface area contributed by atoms with Crippen molar-refractivity contribution in [2.75, 3.05) is 0 Å². The molecule has 1 N–H and O–H groups in total. The molecule has 0 atom stereocenters. The summed E-state index contributed by atoms with van der Waals surface area (Å²) in [5.74, 6) is -0.0611. The van der Waals surface area contributed by atoms with Crippen molar-refractivity contribution in [2.45, 2.75) is 52.4 Å². The minimum atomic E-state index is -0.285. The van der Waals surface area contributed by atoms with E-state index in [1.165, 1.54) is 12.1 Å². The first-order valence-corrected chi connectivity index (χ1v) is 5.57. The first-order chi connectivity index (χ1) is 7.03. The van der Waals surface area contributed by atoms with Crippen LogP contribution in [0.15, 0.2) is 12.1 Å². The molecule has 0 aliphatic heterocycles. The molecule has 0 unspecified atom stereocenters. The van der Waals surface area contributed by atoms with Gasteiger partial charge in [0.2, 0.25) is 0 Å². The Bertz CT molecular complexity index is 359. The van der Waals surface area contributed by atoms with Crippen molar-refractivity contribution in [2.24, 2.45) is 0 Å². The van der Waals surface area contributed by atoms with E-state index in [0.717, 1.165) is 0 Å². The van der Waals surface area contributed by atoms with Gasteiger partial charge < -0.3 is 5.11 Å². The Balaban J connectivity index is 3.51. The summed E-state index contributed by atoms with van der Waals surface area (Å²) in [5, 5.41) is 10.2. The minimum Gasteiger partial charge on any atom is -0.507 e. The zero-order valence-corrected chi connectivity index (χ0v) is 11.0. The van der Waals surface area contributed by atoms with Gasteiger partial charge >= 0.3 is 0 Å². The molecule has 0 aromatic heterocycles. The molecule has 0 fully saturated rings. The van der Waals surface area contributed by atoms with Gasteiger partial charge in [0.25, 0.3) is 0 Å². The van der Waals surface area contributed by atoms with E-state index in [2.05, 4.69) is 0 Å². The van der Waals surface area contributed by atoms with Crippen LogP contribution >= 0.6 is 0 Å². The molecule has 0 aliphatic carbocycles. The molecule has 0 saturated carbocycles. The second kappa shape index (κ2) is 3.76. The maximum atomic E-state index is 13.6. The van der Waals surface area contributed by atoms with Crippen molar-refractivity contribution in [3.63, 3.8) is 0 Å². The zero-order valence-electron chi connectivity index (χ0n) is 11.0. The highest BCUT2D eigenvalue weighted by Gasteiger charge is 2.26. The molecule has 0 spiro atoms. The monoisotopic (exact) mass is 224 g/mol. The summed E-state index contributed by atoms with van der Waals surface area (Å²) >= 11 is 0. The first-order valence-electron chi connectivity index (χ1n) is 5.57.